The van der Waals surface area contributed by atoms with E-state index in [1.54, 1.807) is 10.7 Å². The maximum Gasteiger partial charge on any atom is 0.178 e. The number of fused-ring (bicyclic) bond motifs is 1. The number of halogens is 1. The van der Waals surface area contributed by atoms with E-state index in [-0.39, 0.29) is 0 Å². The van der Waals surface area contributed by atoms with Gasteiger partial charge in [-0.15, -0.1) is 5.10 Å². The van der Waals surface area contributed by atoms with Gasteiger partial charge in [0.2, 0.25) is 0 Å². The van der Waals surface area contributed by atoms with Gasteiger partial charge in [0.15, 0.2) is 5.65 Å². The zero-order valence-corrected chi connectivity index (χ0v) is 8.11. The number of aryl methyl sites for hydroxylation is 1. The third-order valence-electron chi connectivity index (χ3n) is 1.63. The first-order valence-electron chi connectivity index (χ1n) is 3.66. The van der Waals surface area contributed by atoms with E-state index >= 15 is 0 Å². The van der Waals surface area contributed by atoms with Crippen LogP contribution in [0.5, 0.6) is 0 Å². The summed E-state index contributed by atoms with van der Waals surface area (Å²) in [6.45, 7) is 2.04. The Labute approximate surface area is 77.7 Å². The number of rotatable bonds is 1. The molecule has 0 bridgehead atoms. The second-order valence-corrected chi connectivity index (χ2v) is 3.35. The molecule has 0 aliphatic rings. The van der Waals surface area contributed by atoms with Crippen molar-refractivity contribution in [3.05, 3.63) is 22.6 Å². The summed E-state index contributed by atoms with van der Waals surface area (Å²) in [4.78, 5) is 4.20. The van der Waals surface area contributed by atoms with Crippen LogP contribution in [0.15, 0.2) is 16.9 Å². The molecule has 0 aliphatic heterocycles. The summed E-state index contributed by atoms with van der Waals surface area (Å²) in [5.41, 5.74) is 1.77. The lowest BCUT2D eigenvalue weighted by Crippen LogP contribution is -1.89. The van der Waals surface area contributed by atoms with Gasteiger partial charge in [0.1, 0.15) is 5.69 Å². The average molecular weight is 227 g/mol. The molecule has 0 radical (unpaired) electrons. The van der Waals surface area contributed by atoms with Crippen molar-refractivity contribution >= 4 is 21.6 Å². The predicted octanol–water partition coefficient (Wildman–Crippen LogP) is 1.45. The molecule has 0 amide bonds. The van der Waals surface area contributed by atoms with E-state index in [4.69, 9.17) is 0 Å². The summed E-state index contributed by atoms with van der Waals surface area (Å²) >= 11 is 3.31. The van der Waals surface area contributed by atoms with Crippen LogP contribution < -0.4 is 0 Å². The molecule has 4 nitrogen and oxygen atoms in total. The van der Waals surface area contributed by atoms with E-state index in [0.717, 1.165) is 22.2 Å². The smallest absolute Gasteiger partial charge is 0.178 e. The average Bonchev–Trinajstić information content (AvgIpc) is 2.46. The van der Waals surface area contributed by atoms with Gasteiger partial charge in [0, 0.05) is 12.4 Å². The van der Waals surface area contributed by atoms with Crippen molar-refractivity contribution in [2.75, 3.05) is 0 Å². The van der Waals surface area contributed by atoms with Crippen molar-refractivity contribution in [3.8, 4) is 0 Å². The molecular weight excluding hydrogens is 220 g/mol. The molecule has 2 aromatic rings. The Morgan fingerprint density at radius 1 is 1.58 bits per heavy atom. The van der Waals surface area contributed by atoms with E-state index in [1.165, 1.54) is 0 Å². The lowest BCUT2D eigenvalue weighted by atomic mass is 10.3. The maximum absolute atomic E-state index is 4.20. The van der Waals surface area contributed by atoms with Gasteiger partial charge in [-0.2, -0.15) is 0 Å². The highest BCUT2D eigenvalue weighted by molar-refractivity contribution is 9.10. The molecule has 0 atom stereocenters. The second kappa shape index (κ2) is 2.82. The van der Waals surface area contributed by atoms with E-state index < -0.39 is 0 Å². The van der Waals surface area contributed by atoms with Crippen molar-refractivity contribution in [2.45, 2.75) is 13.3 Å². The standard InChI is InChI=1S/C7H7BrN4/c1-2-6-7-9-3-5(8)4-12(7)11-10-6/h3-4H,2H2,1H3. The molecule has 0 spiro atoms. The monoisotopic (exact) mass is 226 g/mol. The molecule has 2 heterocycles. The van der Waals surface area contributed by atoms with Crippen LogP contribution >= 0.6 is 15.9 Å². The Morgan fingerprint density at radius 3 is 3.17 bits per heavy atom. The van der Waals surface area contributed by atoms with E-state index in [2.05, 4.69) is 31.2 Å². The minimum absolute atomic E-state index is 0.834. The largest absolute Gasteiger partial charge is 0.234 e. The molecule has 62 valence electrons. The van der Waals surface area contributed by atoms with Crippen molar-refractivity contribution in [1.29, 1.82) is 0 Å². The molecule has 0 saturated carbocycles. The van der Waals surface area contributed by atoms with Crippen LogP contribution in [0.25, 0.3) is 5.65 Å². The molecule has 2 aromatic heterocycles. The summed E-state index contributed by atoms with van der Waals surface area (Å²) in [6, 6.07) is 0. The van der Waals surface area contributed by atoms with Crippen LogP contribution in [-0.2, 0) is 6.42 Å². The van der Waals surface area contributed by atoms with Crippen LogP contribution in [0.4, 0.5) is 0 Å². The van der Waals surface area contributed by atoms with Gasteiger partial charge in [-0.3, -0.25) is 0 Å². The van der Waals surface area contributed by atoms with Crippen LogP contribution in [0.3, 0.4) is 0 Å². The second-order valence-electron chi connectivity index (χ2n) is 2.43. The van der Waals surface area contributed by atoms with Gasteiger partial charge in [-0.25, -0.2) is 9.50 Å². The van der Waals surface area contributed by atoms with Crippen molar-refractivity contribution in [2.24, 2.45) is 0 Å². The lowest BCUT2D eigenvalue weighted by molar-refractivity contribution is 0.833. The highest BCUT2D eigenvalue weighted by Gasteiger charge is 2.04. The third-order valence-corrected chi connectivity index (χ3v) is 2.04. The minimum Gasteiger partial charge on any atom is -0.234 e. The van der Waals surface area contributed by atoms with Crippen LogP contribution in [0.1, 0.15) is 12.6 Å². The molecular formula is C7H7BrN4. The number of nitrogens with zero attached hydrogens (tertiary/aromatic N) is 4. The highest BCUT2D eigenvalue weighted by Crippen LogP contribution is 2.10. The van der Waals surface area contributed by atoms with Crippen molar-refractivity contribution in [1.82, 2.24) is 19.8 Å². The highest BCUT2D eigenvalue weighted by atomic mass is 79.9. The van der Waals surface area contributed by atoms with E-state index in [0.29, 0.717) is 0 Å². The first-order chi connectivity index (χ1) is 5.81. The zero-order chi connectivity index (χ0) is 8.55. The normalized spacial score (nSPS) is 10.8. The minimum atomic E-state index is 0.834. The Morgan fingerprint density at radius 2 is 2.42 bits per heavy atom. The summed E-state index contributed by atoms with van der Waals surface area (Å²) in [5, 5.41) is 7.91. The molecule has 0 aliphatic carbocycles. The molecule has 0 unspecified atom stereocenters. The number of aromatic nitrogens is 4. The maximum atomic E-state index is 4.20. The molecule has 5 heteroatoms. The molecule has 0 fully saturated rings. The Balaban J connectivity index is 2.73. The lowest BCUT2D eigenvalue weighted by Gasteiger charge is -1.92. The molecule has 2 rings (SSSR count). The van der Waals surface area contributed by atoms with Gasteiger partial charge >= 0.3 is 0 Å². The number of hydrogen-bond donors (Lipinski definition) is 0. The predicted molar refractivity (Wildman–Crippen MR) is 47.9 cm³/mol. The van der Waals surface area contributed by atoms with Crippen molar-refractivity contribution in [3.63, 3.8) is 0 Å². The van der Waals surface area contributed by atoms with Gasteiger partial charge < -0.3 is 0 Å². The zero-order valence-electron chi connectivity index (χ0n) is 6.53. The van der Waals surface area contributed by atoms with E-state index in [9.17, 15) is 0 Å². The van der Waals surface area contributed by atoms with Gasteiger partial charge in [-0.05, 0) is 22.4 Å². The first kappa shape index (κ1) is 7.67. The SMILES string of the molecule is CCc1nnn2cc(Br)cnc12. The Hall–Kier alpha value is -0.970. The number of hydrogen-bond acceptors (Lipinski definition) is 3. The molecule has 0 saturated heterocycles. The fraction of sp³-hybridized carbons (Fsp3) is 0.286. The van der Waals surface area contributed by atoms with Gasteiger partial charge in [-0.1, -0.05) is 12.1 Å². The fourth-order valence-electron chi connectivity index (χ4n) is 1.04. The van der Waals surface area contributed by atoms with Gasteiger partial charge in [0.05, 0.1) is 4.47 Å². The van der Waals surface area contributed by atoms with Crippen LogP contribution in [-0.4, -0.2) is 19.8 Å². The van der Waals surface area contributed by atoms with E-state index in [1.807, 2.05) is 13.1 Å². The summed E-state index contributed by atoms with van der Waals surface area (Å²) in [6.07, 6.45) is 4.45. The summed E-state index contributed by atoms with van der Waals surface area (Å²) < 4.78 is 2.57. The quantitative estimate of drug-likeness (QED) is 0.740. The molecule has 0 N–H and O–H groups in total. The third kappa shape index (κ3) is 1.10. The Kier molecular flexibility index (Phi) is 1.80. The summed E-state index contributed by atoms with van der Waals surface area (Å²) in [7, 11) is 0. The first-order valence-corrected chi connectivity index (χ1v) is 4.46. The fourth-order valence-corrected chi connectivity index (χ4v) is 1.34. The molecule has 12 heavy (non-hydrogen) atoms. The Bertz CT molecular complexity index is 409. The van der Waals surface area contributed by atoms with Crippen LogP contribution in [0, 0.1) is 0 Å². The van der Waals surface area contributed by atoms with Gasteiger partial charge in [0.25, 0.3) is 0 Å². The topological polar surface area (TPSA) is 43.1 Å². The van der Waals surface area contributed by atoms with Crippen molar-refractivity contribution < 1.29 is 0 Å². The van der Waals surface area contributed by atoms with Crippen LogP contribution in [0.2, 0.25) is 0 Å². The molecule has 0 aromatic carbocycles. The summed E-state index contributed by atoms with van der Waals surface area (Å²) in [5.74, 6) is 0.